The minimum absolute atomic E-state index is 0.0257. The number of carbonyl (C=O) groups excluding carboxylic acids is 2. The molecule has 0 bridgehead atoms. The van der Waals surface area contributed by atoms with Crippen LogP contribution in [0.1, 0.15) is 36.0 Å². The number of benzene rings is 2. The van der Waals surface area contributed by atoms with Crippen molar-refractivity contribution in [3.8, 4) is 11.8 Å². The zero-order valence-corrected chi connectivity index (χ0v) is 13.3. The summed E-state index contributed by atoms with van der Waals surface area (Å²) in [5, 5.41) is 0. The third-order valence-electron chi connectivity index (χ3n) is 3.99. The van der Waals surface area contributed by atoms with E-state index in [1.165, 1.54) is 0 Å². The van der Waals surface area contributed by atoms with Gasteiger partial charge in [-0.15, -0.1) is 0 Å². The number of rotatable bonds is 4. The number of fused-ring (bicyclic) bond motifs is 2. The highest BCUT2D eigenvalue weighted by Gasteiger charge is 2.20. The van der Waals surface area contributed by atoms with Crippen molar-refractivity contribution >= 4 is 17.5 Å². The van der Waals surface area contributed by atoms with E-state index >= 15 is 0 Å². The highest BCUT2D eigenvalue weighted by molar-refractivity contribution is 5.95. The highest BCUT2D eigenvalue weighted by atomic mass is 16.2. The molecule has 2 aromatic carbocycles. The van der Waals surface area contributed by atoms with E-state index in [1.807, 2.05) is 48.5 Å². The van der Waals surface area contributed by atoms with Crippen LogP contribution in [0.4, 0.5) is 5.69 Å². The molecule has 2 aromatic rings. The van der Waals surface area contributed by atoms with Crippen molar-refractivity contribution in [1.29, 1.82) is 0 Å². The number of para-hydroxylation sites is 1. The van der Waals surface area contributed by atoms with Crippen molar-refractivity contribution in [1.82, 2.24) is 0 Å². The normalized spacial score (nSPS) is 12.1. The summed E-state index contributed by atoms with van der Waals surface area (Å²) in [5.41, 5.74) is 8.75. The number of carbonyl (C=O) groups is 2. The summed E-state index contributed by atoms with van der Waals surface area (Å²) in [4.78, 5) is 25.4. The number of primary amides is 1. The van der Waals surface area contributed by atoms with Crippen LogP contribution in [0.25, 0.3) is 0 Å². The summed E-state index contributed by atoms with van der Waals surface area (Å²) in [6.07, 6.45) is 0.963. The number of amides is 2. The zero-order chi connectivity index (χ0) is 16.9. The molecule has 0 spiro atoms. The van der Waals surface area contributed by atoms with Crippen molar-refractivity contribution in [3.63, 3.8) is 0 Å². The van der Waals surface area contributed by atoms with Crippen molar-refractivity contribution in [3.05, 3.63) is 65.2 Å². The number of hydrogen-bond acceptors (Lipinski definition) is 2. The Morgan fingerprint density at radius 2 is 1.62 bits per heavy atom. The number of hydrogen-bond donors (Lipinski definition) is 1. The zero-order valence-electron chi connectivity index (χ0n) is 13.3. The largest absolute Gasteiger partial charge is 0.370 e. The summed E-state index contributed by atoms with van der Waals surface area (Å²) < 4.78 is 0. The van der Waals surface area contributed by atoms with Crippen molar-refractivity contribution in [2.24, 2.45) is 5.73 Å². The third-order valence-corrected chi connectivity index (χ3v) is 3.99. The van der Waals surface area contributed by atoms with Gasteiger partial charge in [-0.2, -0.15) is 0 Å². The number of nitrogens with two attached hydrogens (primary N) is 1. The average Bonchev–Trinajstić information content (AvgIpc) is 2.56. The van der Waals surface area contributed by atoms with Crippen LogP contribution in [0.3, 0.4) is 0 Å². The molecule has 0 radical (unpaired) electrons. The lowest BCUT2D eigenvalue weighted by Gasteiger charge is -2.26. The highest BCUT2D eigenvalue weighted by Crippen LogP contribution is 2.26. The molecule has 4 nitrogen and oxygen atoms in total. The molecular formula is C20H18N2O2. The Bertz CT molecular complexity index is 846. The van der Waals surface area contributed by atoms with Gasteiger partial charge in [0.05, 0.1) is 12.2 Å². The van der Waals surface area contributed by atoms with Gasteiger partial charge in [-0.05, 0) is 30.2 Å². The van der Waals surface area contributed by atoms with Crippen LogP contribution < -0.4 is 10.6 Å². The topological polar surface area (TPSA) is 63.4 Å². The summed E-state index contributed by atoms with van der Waals surface area (Å²) in [7, 11) is 0. The molecule has 1 heterocycles. The Morgan fingerprint density at radius 1 is 0.958 bits per heavy atom. The maximum absolute atomic E-state index is 12.7. The number of nitrogens with zero attached hydrogens (tertiary/aromatic N) is 1. The lowest BCUT2D eigenvalue weighted by molar-refractivity contribution is -0.119. The van der Waals surface area contributed by atoms with Gasteiger partial charge < -0.3 is 10.6 Å². The van der Waals surface area contributed by atoms with Crippen LogP contribution in [-0.2, 0) is 16.1 Å². The molecule has 0 saturated carbocycles. The molecule has 0 saturated heterocycles. The Hall–Kier alpha value is -3.06. The van der Waals surface area contributed by atoms with Crippen LogP contribution >= 0.6 is 0 Å². The molecule has 4 heteroatoms. The van der Waals surface area contributed by atoms with Gasteiger partial charge in [-0.1, -0.05) is 42.2 Å². The second-order valence-electron chi connectivity index (χ2n) is 5.72. The second-order valence-corrected chi connectivity index (χ2v) is 5.72. The summed E-state index contributed by atoms with van der Waals surface area (Å²) in [6, 6.07) is 15.5. The fraction of sp³-hybridized carbons (Fsp3) is 0.200. The van der Waals surface area contributed by atoms with E-state index in [4.69, 9.17) is 5.73 Å². The molecule has 0 fully saturated rings. The van der Waals surface area contributed by atoms with Gasteiger partial charge in [-0.25, -0.2) is 0 Å². The first-order valence-electron chi connectivity index (χ1n) is 7.93. The lowest BCUT2D eigenvalue weighted by Crippen LogP contribution is -2.31. The average molecular weight is 318 g/mol. The van der Waals surface area contributed by atoms with Crippen LogP contribution in [-0.4, -0.2) is 11.8 Å². The first-order valence-corrected chi connectivity index (χ1v) is 7.93. The molecule has 24 heavy (non-hydrogen) atoms. The first kappa shape index (κ1) is 15.8. The van der Waals surface area contributed by atoms with Crippen LogP contribution in [0, 0.1) is 11.8 Å². The van der Waals surface area contributed by atoms with Gasteiger partial charge >= 0.3 is 0 Å². The first-order chi connectivity index (χ1) is 11.6. The molecular weight excluding hydrogens is 300 g/mol. The maximum atomic E-state index is 12.7. The Balaban J connectivity index is 1.95. The van der Waals surface area contributed by atoms with Gasteiger partial charge in [0.1, 0.15) is 0 Å². The predicted molar refractivity (Wildman–Crippen MR) is 93.1 cm³/mol. The van der Waals surface area contributed by atoms with Gasteiger partial charge in [0.2, 0.25) is 11.8 Å². The Morgan fingerprint density at radius 3 is 2.42 bits per heavy atom. The quantitative estimate of drug-likeness (QED) is 0.881. The fourth-order valence-corrected chi connectivity index (χ4v) is 2.76. The van der Waals surface area contributed by atoms with Crippen molar-refractivity contribution < 1.29 is 9.59 Å². The van der Waals surface area contributed by atoms with Crippen molar-refractivity contribution in [2.45, 2.75) is 25.8 Å². The Kier molecular flexibility index (Phi) is 4.62. The Labute approximate surface area is 141 Å². The van der Waals surface area contributed by atoms with Gasteiger partial charge in [0, 0.05) is 24.0 Å². The van der Waals surface area contributed by atoms with Gasteiger partial charge in [-0.3, -0.25) is 9.59 Å². The number of anilines is 1. The van der Waals surface area contributed by atoms with Crippen molar-refractivity contribution in [2.75, 3.05) is 4.90 Å². The summed E-state index contributed by atoms with van der Waals surface area (Å²) >= 11 is 0. The molecule has 0 unspecified atom stereocenters. The molecule has 0 aromatic heterocycles. The summed E-state index contributed by atoms with van der Waals surface area (Å²) in [5.74, 6) is 5.94. The molecule has 2 amide bonds. The van der Waals surface area contributed by atoms with E-state index < -0.39 is 0 Å². The molecule has 0 aliphatic carbocycles. The predicted octanol–water partition coefficient (Wildman–Crippen LogP) is 2.59. The SMILES string of the molecule is NC(=O)CCCC(=O)N1Cc2ccccc2C#Cc2ccccc21. The second kappa shape index (κ2) is 7.01. The van der Waals surface area contributed by atoms with Gasteiger partial charge in [0.15, 0.2) is 0 Å². The lowest BCUT2D eigenvalue weighted by atomic mass is 10.0. The minimum Gasteiger partial charge on any atom is -0.370 e. The van der Waals surface area contributed by atoms with Gasteiger partial charge in [0.25, 0.3) is 0 Å². The standard InChI is InChI=1S/C20H18N2O2/c21-19(23)10-5-11-20(24)22-14-17-8-2-1-6-15(17)12-13-16-7-3-4-9-18(16)22/h1-4,6-9H,5,10-11,14H2,(H2,21,23). The fourth-order valence-electron chi connectivity index (χ4n) is 2.76. The van der Waals surface area contributed by atoms with E-state index in [9.17, 15) is 9.59 Å². The van der Waals surface area contributed by atoms with E-state index in [2.05, 4.69) is 11.8 Å². The van der Waals surface area contributed by atoms with E-state index in [0.717, 1.165) is 22.4 Å². The molecule has 0 atom stereocenters. The third kappa shape index (κ3) is 3.47. The van der Waals surface area contributed by atoms with Crippen LogP contribution in [0.5, 0.6) is 0 Å². The minimum atomic E-state index is -0.382. The smallest absolute Gasteiger partial charge is 0.227 e. The molecule has 2 N–H and O–H groups in total. The van der Waals surface area contributed by atoms with E-state index in [1.54, 1.807) is 4.90 Å². The molecule has 3 rings (SSSR count). The molecule has 1 aliphatic rings. The molecule has 1 aliphatic heterocycles. The maximum Gasteiger partial charge on any atom is 0.227 e. The van der Waals surface area contributed by atoms with E-state index in [0.29, 0.717) is 13.0 Å². The van der Waals surface area contributed by atoms with E-state index in [-0.39, 0.29) is 24.7 Å². The van der Waals surface area contributed by atoms with Crippen LogP contribution in [0.15, 0.2) is 48.5 Å². The molecule has 120 valence electrons. The van der Waals surface area contributed by atoms with Crippen LogP contribution in [0.2, 0.25) is 0 Å². The monoisotopic (exact) mass is 318 g/mol. The summed E-state index contributed by atoms with van der Waals surface area (Å²) in [6.45, 7) is 0.470.